The zero-order valence-electron chi connectivity index (χ0n) is 13.2. The van der Waals surface area contributed by atoms with Crippen molar-refractivity contribution in [1.82, 2.24) is 19.5 Å². The van der Waals surface area contributed by atoms with E-state index in [4.69, 9.17) is 0 Å². The molecule has 0 radical (unpaired) electrons. The molecule has 1 amide bonds. The van der Waals surface area contributed by atoms with Crippen LogP contribution in [0.25, 0.3) is 5.69 Å². The first-order valence-corrected chi connectivity index (χ1v) is 9.65. The van der Waals surface area contributed by atoms with Crippen molar-refractivity contribution in [2.24, 2.45) is 0 Å². The van der Waals surface area contributed by atoms with Crippen molar-refractivity contribution < 1.29 is 13.2 Å². The molecule has 0 spiro atoms. The number of rotatable bonds is 6. The second-order valence-electron chi connectivity index (χ2n) is 5.12. The van der Waals surface area contributed by atoms with Gasteiger partial charge in [0.2, 0.25) is 5.91 Å². The number of anilines is 1. The van der Waals surface area contributed by atoms with Crippen LogP contribution in [0, 0.1) is 0 Å². The van der Waals surface area contributed by atoms with Crippen LogP contribution in [0.5, 0.6) is 0 Å². The number of nitrogens with zero attached hydrogens (tertiary/aromatic N) is 3. The molecular formula is C15H15N5O3S2. The van der Waals surface area contributed by atoms with Crippen molar-refractivity contribution in [3.8, 4) is 5.69 Å². The molecule has 0 fully saturated rings. The number of nitrogens with one attached hydrogen (secondary N) is 2. The predicted octanol–water partition coefficient (Wildman–Crippen LogP) is 1.63. The molecule has 10 heteroatoms. The van der Waals surface area contributed by atoms with Crippen molar-refractivity contribution in [3.05, 3.63) is 54.3 Å². The van der Waals surface area contributed by atoms with Crippen LogP contribution in [0.1, 0.15) is 6.92 Å². The Morgan fingerprint density at radius 1 is 1.24 bits per heavy atom. The van der Waals surface area contributed by atoms with Crippen LogP contribution in [0.4, 0.5) is 5.82 Å². The summed E-state index contributed by atoms with van der Waals surface area (Å²) in [6.07, 6.45) is 4.96. The summed E-state index contributed by atoms with van der Waals surface area (Å²) in [6.45, 7) is 1.47. The predicted molar refractivity (Wildman–Crippen MR) is 94.1 cm³/mol. The number of thiophene rings is 1. The third kappa shape index (κ3) is 4.10. The van der Waals surface area contributed by atoms with E-state index < -0.39 is 22.0 Å². The standard InChI is InChI=1S/C15H15N5O3S2/c1-11(19-25(22,23)14-3-2-10-24-14)15(21)17-13-6-9-20(18-13)12-4-7-16-8-5-12/h2-11,19H,1H3,(H,17,18,21)/t11-/m0/s1. The number of aromatic nitrogens is 3. The highest BCUT2D eigenvalue weighted by molar-refractivity contribution is 7.91. The summed E-state index contributed by atoms with van der Waals surface area (Å²) in [4.78, 5) is 16.1. The summed E-state index contributed by atoms with van der Waals surface area (Å²) in [6, 6.07) is 7.34. The van der Waals surface area contributed by atoms with E-state index in [-0.39, 0.29) is 4.21 Å². The highest BCUT2D eigenvalue weighted by atomic mass is 32.2. The fraction of sp³-hybridized carbons (Fsp3) is 0.133. The van der Waals surface area contributed by atoms with Crippen LogP contribution in [0.15, 0.2) is 58.5 Å². The van der Waals surface area contributed by atoms with Gasteiger partial charge in [-0.1, -0.05) is 6.07 Å². The lowest BCUT2D eigenvalue weighted by Gasteiger charge is -2.12. The third-order valence-electron chi connectivity index (χ3n) is 3.25. The number of pyridine rings is 1. The molecular weight excluding hydrogens is 362 g/mol. The first kappa shape index (κ1) is 17.3. The van der Waals surface area contributed by atoms with E-state index in [1.807, 2.05) is 0 Å². The molecule has 25 heavy (non-hydrogen) atoms. The molecule has 3 rings (SSSR count). The molecule has 3 aromatic rings. The van der Waals surface area contributed by atoms with E-state index in [1.54, 1.807) is 52.9 Å². The number of amides is 1. The topological polar surface area (TPSA) is 106 Å². The van der Waals surface area contributed by atoms with Crippen LogP contribution in [0.3, 0.4) is 0 Å². The molecule has 130 valence electrons. The lowest BCUT2D eigenvalue weighted by atomic mass is 10.3. The maximum Gasteiger partial charge on any atom is 0.250 e. The summed E-state index contributed by atoms with van der Waals surface area (Å²) < 4.78 is 28.4. The van der Waals surface area contributed by atoms with Crippen molar-refractivity contribution >= 4 is 33.1 Å². The Bertz CT molecular complexity index is 952. The summed E-state index contributed by atoms with van der Waals surface area (Å²) in [7, 11) is -3.72. The number of hydrogen-bond acceptors (Lipinski definition) is 6. The Balaban J connectivity index is 1.65. The normalized spacial score (nSPS) is 12.7. The lowest BCUT2D eigenvalue weighted by Crippen LogP contribution is -2.41. The second kappa shape index (κ2) is 7.13. The largest absolute Gasteiger partial charge is 0.308 e. The summed E-state index contributed by atoms with van der Waals surface area (Å²) in [5.41, 5.74) is 0.793. The van der Waals surface area contributed by atoms with Gasteiger partial charge in [0.15, 0.2) is 5.82 Å². The average molecular weight is 377 g/mol. The molecule has 3 heterocycles. The number of carbonyl (C=O) groups is 1. The number of sulfonamides is 1. The second-order valence-corrected chi connectivity index (χ2v) is 8.00. The van der Waals surface area contributed by atoms with Gasteiger partial charge in [-0.05, 0) is 30.5 Å². The van der Waals surface area contributed by atoms with E-state index in [0.717, 1.165) is 17.0 Å². The Kier molecular flexibility index (Phi) is 4.93. The molecule has 0 aliphatic carbocycles. The van der Waals surface area contributed by atoms with Gasteiger partial charge in [-0.25, -0.2) is 13.1 Å². The number of carbonyl (C=O) groups excluding carboxylic acids is 1. The Labute approximate surface area is 148 Å². The molecule has 8 nitrogen and oxygen atoms in total. The highest BCUT2D eigenvalue weighted by Crippen LogP contribution is 2.16. The van der Waals surface area contributed by atoms with Crippen molar-refractivity contribution in [2.45, 2.75) is 17.2 Å². The first-order valence-electron chi connectivity index (χ1n) is 7.28. The quantitative estimate of drug-likeness (QED) is 0.679. The van der Waals surface area contributed by atoms with Gasteiger partial charge < -0.3 is 5.32 Å². The Hall–Kier alpha value is -2.56. The van der Waals surface area contributed by atoms with E-state index in [9.17, 15) is 13.2 Å². The van der Waals surface area contributed by atoms with E-state index in [1.165, 1.54) is 13.0 Å². The van der Waals surface area contributed by atoms with Crippen molar-refractivity contribution in [2.75, 3.05) is 5.32 Å². The van der Waals surface area contributed by atoms with Gasteiger partial charge in [-0.3, -0.25) is 9.78 Å². The minimum Gasteiger partial charge on any atom is -0.308 e. The molecule has 1 atom stereocenters. The van der Waals surface area contributed by atoms with Crippen LogP contribution >= 0.6 is 11.3 Å². The van der Waals surface area contributed by atoms with Crippen LogP contribution in [-0.2, 0) is 14.8 Å². The van der Waals surface area contributed by atoms with Gasteiger partial charge in [0, 0.05) is 24.7 Å². The maximum atomic E-state index is 12.2. The van der Waals surface area contributed by atoms with Gasteiger partial charge in [-0.15, -0.1) is 11.3 Å². The molecule has 0 bridgehead atoms. The Morgan fingerprint density at radius 3 is 2.68 bits per heavy atom. The third-order valence-corrected chi connectivity index (χ3v) is 6.19. The summed E-state index contributed by atoms with van der Waals surface area (Å²) in [5, 5.41) is 8.48. The van der Waals surface area contributed by atoms with E-state index >= 15 is 0 Å². The zero-order chi connectivity index (χ0) is 17.9. The van der Waals surface area contributed by atoms with Crippen LogP contribution in [0.2, 0.25) is 0 Å². The van der Waals surface area contributed by atoms with Gasteiger partial charge >= 0.3 is 0 Å². The van der Waals surface area contributed by atoms with E-state index in [2.05, 4.69) is 20.1 Å². The zero-order valence-corrected chi connectivity index (χ0v) is 14.8. The number of hydrogen-bond donors (Lipinski definition) is 2. The fourth-order valence-corrected chi connectivity index (χ4v) is 4.24. The monoisotopic (exact) mass is 377 g/mol. The van der Waals surface area contributed by atoms with Crippen LogP contribution in [-0.4, -0.2) is 35.1 Å². The highest BCUT2D eigenvalue weighted by Gasteiger charge is 2.23. The lowest BCUT2D eigenvalue weighted by molar-refractivity contribution is -0.117. The van der Waals surface area contributed by atoms with Gasteiger partial charge in [-0.2, -0.15) is 9.82 Å². The molecule has 0 saturated heterocycles. The fourth-order valence-electron chi connectivity index (χ4n) is 2.03. The Morgan fingerprint density at radius 2 is 2.00 bits per heavy atom. The SMILES string of the molecule is C[C@H](NS(=O)(=O)c1cccs1)C(=O)Nc1ccn(-c2ccncc2)n1. The smallest absolute Gasteiger partial charge is 0.250 e. The minimum absolute atomic E-state index is 0.161. The van der Waals surface area contributed by atoms with E-state index in [0.29, 0.717) is 5.82 Å². The molecule has 0 aromatic carbocycles. The van der Waals surface area contributed by atoms with Gasteiger partial charge in [0.05, 0.1) is 11.7 Å². The maximum absolute atomic E-state index is 12.2. The van der Waals surface area contributed by atoms with Gasteiger partial charge in [0.1, 0.15) is 4.21 Å². The molecule has 3 aromatic heterocycles. The van der Waals surface area contributed by atoms with Crippen molar-refractivity contribution in [1.29, 1.82) is 0 Å². The molecule has 0 unspecified atom stereocenters. The minimum atomic E-state index is -3.72. The molecule has 2 N–H and O–H groups in total. The molecule has 0 aliphatic rings. The molecule has 0 aliphatic heterocycles. The first-order chi connectivity index (χ1) is 12.0. The summed E-state index contributed by atoms with van der Waals surface area (Å²) >= 11 is 1.09. The summed E-state index contributed by atoms with van der Waals surface area (Å²) in [5.74, 6) is -0.177. The van der Waals surface area contributed by atoms with Crippen molar-refractivity contribution in [3.63, 3.8) is 0 Å². The van der Waals surface area contributed by atoms with Gasteiger partial charge in [0.25, 0.3) is 10.0 Å². The molecule has 0 saturated carbocycles. The van der Waals surface area contributed by atoms with Crippen LogP contribution < -0.4 is 10.0 Å². The average Bonchev–Trinajstić information content (AvgIpc) is 3.27.